The second-order valence-corrected chi connectivity index (χ2v) is 6.72. The zero-order valence-corrected chi connectivity index (χ0v) is 13.8. The molecule has 0 bridgehead atoms. The van der Waals surface area contributed by atoms with Gasteiger partial charge in [-0.3, -0.25) is 9.78 Å². The maximum Gasteiger partial charge on any atom is 0.229 e. The first kappa shape index (κ1) is 15.6. The van der Waals surface area contributed by atoms with E-state index in [0.29, 0.717) is 13.0 Å². The van der Waals surface area contributed by atoms with Crippen molar-refractivity contribution in [3.63, 3.8) is 0 Å². The molecule has 0 saturated carbocycles. The molecule has 0 aliphatic heterocycles. The summed E-state index contributed by atoms with van der Waals surface area (Å²) in [6.07, 6.45) is 3.85. The van der Waals surface area contributed by atoms with E-state index in [9.17, 15) is 4.79 Å². The lowest BCUT2D eigenvalue weighted by Crippen LogP contribution is -2.46. The number of carbonyl (C=O) groups is 1. The van der Waals surface area contributed by atoms with Crippen LogP contribution in [0.4, 0.5) is 0 Å². The standard InChI is InChI=1S/C16H21N3OS/c1-5-19(16(2,3)4)14(20)10-13-11-21-15(18-13)12-6-8-17-9-7-12/h6-9,11H,5,10H2,1-4H3. The van der Waals surface area contributed by atoms with Crippen LogP contribution in [0.5, 0.6) is 0 Å². The fourth-order valence-corrected chi connectivity index (χ4v) is 3.12. The van der Waals surface area contributed by atoms with Gasteiger partial charge in [0.15, 0.2) is 0 Å². The number of thiazole rings is 1. The molecule has 5 heteroatoms. The molecule has 0 unspecified atom stereocenters. The lowest BCUT2D eigenvalue weighted by Gasteiger charge is -2.34. The first-order chi connectivity index (χ1) is 9.91. The third-order valence-electron chi connectivity index (χ3n) is 3.24. The summed E-state index contributed by atoms with van der Waals surface area (Å²) >= 11 is 1.56. The second kappa shape index (κ2) is 6.35. The highest BCUT2D eigenvalue weighted by molar-refractivity contribution is 7.13. The molecule has 112 valence electrons. The van der Waals surface area contributed by atoms with E-state index < -0.39 is 0 Å². The molecule has 2 rings (SSSR count). The van der Waals surface area contributed by atoms with E-state index in [1.54, 1.807) is 23.7 Å². The third-order valence-corrected chi connectivity index (χ3v) is 4.18. The summed E-state index contributed by atoms with van der Waals surface area (Å²) in [5.41, 5.74) is 1.71. The van der Waals surface area contributed by atoms with Crippen LogP contribution in [0.15, 0.2) is 29.9 Å². The van der Waals surface area contributed by atoms with Gasteiger partial charge in [0.25, 0.3) is 0 Å². The second-order valence-electron chi connectivity index (χ2n) is 5.87. The summed E-state index contributed by atoms with van der Waals surface area (Å²) in [7, 11) is 0. The van der Waals surface area contributed by atoms with E-state index in [0.717, 1.165) is 16.3 Å². The normalized spacial score (nSPS) is 11.4. The molecule has 0 fully saturated rings. The molecule has 1 amide bonds. The van der Waals surface area contributed by atoms with Crippen molar-refractivity contribution < 1.29 is 4.79 Å². The van der Waals surface area contributed by atoms with Gasteiger partial charge in [-0.25, -0.2) is 4.98 Å². The SMILES string of the molecule is CCN(C(=O)Cc1csc(-c2ccncc2)n1)C(C)(C)C. The molecule has 0 aromatic carbocycles. The van der Waals surface area contributed by atoms with E-state index >= 15 is 0 Å². The van der Waals surface area contributed by atoms with Crippen molar-refractivity contribution in [2.75, 3.05) is 6.54 Å². The van der Waals surface area contributed by atoms with E-state index in [1.807, 2.05) is 29.3 Å². The van der Waals surface area contributed by atoms with Gasteiger partial charge < -0.3 is 4.90 Å². The van der Waals surface area contributed by atoms with Crippen LogP contribution in [-0.2, 0) is 11.2 Å². The Labute approximate surface area is 129 Å². The molecule has 0 atom stereocenters. The summed E-state index contributed by atoms with van der Waals surface area (Å²) in [6.45, 7) is 8.88. The Kier molecular flexibility index (Phi) is 4.73. The maximum atomic E-state index is 12.4. The lowest BCUT2D eigenvalue weighted by molar-refractivity contribution is -0.134. The Morgan fingerprint density at radius 1 is 1.29 bits per heavy atom. The van der Waals surface area contributed by atoms with Gasteiger partial charge in [0.1, 0.15) is 5.01 Å². The van der Waals surface area contributed by atoms with Crippen molar-refractivity contribution in [3.05, 3.63) is 35.6 Å². The van der Waals surface area contributed by atoms with Crippen molar-refractivity contribution in [1.29, 1.82) is 0 Å². The highest BCUT2D eigenvalue weighted by Gasteiger charge is 2.25. The van der Waals surface area contributed by atoms with Crippen molar-refractivity contribution >= 4 is 17.2 Å². The Hall–Kier alpha value is -1.75. The van der Waals surface area contributed by atoms with Gasteiger partial charge in [-0.1, -0.05) is 0 Å². The summed E-state index contributed by atoms with van der Waals surface area (Å²) in [4.78, 5) is 22.9. The van der Waals surface area contributed by atoms with Crippen LogP contribution in [0.1, 0.15) is 33.4 Å². The molecule has 0 aliphatic carbocycles. The van der Waals surface area contributed by atoms with Gasteiger partial charge in [0.05, 0.1) is 12.1 Å². The molecule has 2 aromatic heterocycles. The molecule has 0 saturated heterocycles. The van der Waals surface area contributed by atoms with E-state index in [4.69, 9.17) is 0 Å². The fraction of sp³-hybridized carbons (Fsp3) is 0.438. The molecule has 4 nitrogen and oxygen atoms in total. The summed E-state index contributed by atoms with van der Waals surface area (Å²) in [6, 6.07) is 3.86. The minimum Gasteiger partial charge on any atom is -0.338 e. The smallest absolute Gasteiger partial charge is 0.229 e. The highest BCUT2D eigenvalue weighted by atomic mass is 32.1. The first-order valence-electron chi connectivity index (χ1n) is 7.07. The van der Waals surface area contributed by atoms with Crippen LogP contribution >= 0.6 is 11.3 Å². The molecule has 0 N–H and O–H groups in total. The summed E-state index contributed by atoms with van der Waals surface area (Å²) in [5, 5.41) is 2.89. The van der Waals surface area contributed by atoms with Gasteiger partial charge >= 0.3 is 0 Å². The van der Waals surface area contributed by atoms with Crippen molar-refractivity contribution in [2.24, 2.45) is 0 Å². The third kappa shape index (κ3) is 3.88. The maximum absolute atomic E-state index is 12.4. The quantitative estimate of drug-likeness (QED) is 0.869. The van der Waals surface area contributed by atoms with Crippen molar-refractivity contribution in [3.8, 4) is 10.6 Å². The van der Waals surface area contributed by atoms with Crippen LogP contribution in [0.2, 0.25) is 0 Å². The molecule has 0 radical (unpaired) electrons. The molecular formula is C16H21N3OS. The number of aromatic nitrogens is 2. The lowest BCUT2D eigenvalue weighted by atomic mass is 10.1. The number of hydrogen-bond donors (Lipinski definition) is 0. The van der Waals surface area contributed by atoms with Crippen molar-refractivity contribution in [2.45, 2.75) is 39.7 Å². The number of hydrogen-bond acceptors (Lipinski definition) is 4. The van der Waals surface area contributed by atoms with Crippen LogP contribution in [0, 0.1) is 0 Å². The van der Waals surface area contributed by atoms with Gasteiger partial charge in [0, 0.05) is 35.4 Å². The topological polar surface area (TPSA) is 46.1 Å². The fourth-order valence-electron chi connectivity index (χ4n) is 2.29. The van der Waals surface area contributed by atoms with E-state index in [2.05, 4.69) is 30.7 Å². The Bertz CT molecular complexity index is 601. The first-order valence-corrected chi connectivity index (χ1v) is 7.95. The van der Waals surface area contributed by atoms with Crippen LogP contribution in [-0.4, -0.2) is 32.9 Å². The van der Waals surface area contributed by atoms with Crippen LogP contribution in [0.3, 0.4) is 0 Å². The number of rotatable bonds is 4. The van der Waals surface area contributed by atoms with Crippen molar-refractivity contribution in [1.82, 2.24) is 14.9 Å². The molecule has 2 aromatic rings. The number of nitrogens with zero attached hydrogens (tertiary/aromatic N) is 3. The summed E-state index contributed by atoms with van der Waals surface area (Å²) in [5.74, 6) is 0.122. The zero-order valence-electron chi connectivity index (χ0n) is 13.0. The average molecular weight is 303 g/mol. The number of carbonyl (C=O) groups excluding carboxylic acids is 1. The number of amides is 1. The van der Waals surface area contributed by atoms with E-state index in [-0.39, 0.29) is 11.4 Å². The van der Waals surface area contributed by atoms with E-state index in [1.165, 1.54) is 0 Å². The molecule has 2 heterocycles. The highest BCUT2D eigenvalue weighted by Crippen LogP contribution is 2.24. The summed E-state index contributed by atoms with van der Waals surface area (Å²) < 4.78 is 0. The van der Waals surface area contributed by atoms with Gasteiger partial charge in [0.2, 0.25) is 5.91 Å². The molecule has 0 spiro atoms. The van der Waals surface area contributed by atoms with Crippen LogP contribution < -0.4 is 0 Å². The van der Waals surface area contributed by atoms with Crippen LogP contribution in [0.25, 0.3) is 10.6 Å². The number of pyridine rings is 1. The number of likely N-dealkylation sites (N-methyl/N-ethyl adjacent to an activating group) is 1. The predicted octanol–water partition coefficient (Wildman–Crippen LogP) is 3.39. The molecular weight excluding hydrogens is 282 g/mol. The monoisotopic (exact) mass is 303 g/mol. The van der Waals surface area contributed by atoms with Gasteiger partial charge in [-0.2, -0.15) is 0 Å². The average Bonchev–Trinajstić information content (AvgIpc) is 2.87. The van der Waals surface area contributed by atoms with Gasteiger partial charge in [-0.15, -0.1) is 11.3 Å². The Morgan fingerprint density at radius 2 is 1.95 bits per heavy atom. The molecule has 0 aliphatic rings. The Morgan fingerprint density at radius 3 is 2.52 bits per heavy atom. The zero-order chi connectivity index (χ0) is 15.5. The van der Waals surface area contributed by atoms with Gasteiger partial charge in [-0.05, 0) is 39.8 Å². The minimum atomic E-state index is -0.157. The minimum absolute atomic E-state index is 0.122. The Balaban J connectivity index is 2.11. The predicted molar refractivity (Wildman–Crippen MR) is 86.2 cm³/mol. The molecule has 21 heavy (non-hydrogen) atoms. The largest absolute Gasteiger partial charge is 0.338 e.